The molecule has 0 unspecified atom stereocenters. The summed E-state index contributed by atoms with van der Waals surface area (Å²) < 4.78 is 0. The first-order valence-corrected chi connectivity index (χ1v) is 5.35. The molecule has 0 bridgehead atoms. The second-order valence-corrected chi connectivity index (χ2v) is 3.58. The lowest BCUT2D eigenvalue weighted by Gasteiger charge is -2.08. The van der Waals surface area contributed by atoms with Gasteiger partial charge in [-0.2, -0.15) is 0 Å². The molecule has 0 spiro atoms. The fourth-order valence-electron chi connectivity index (χ4n) is 1.48. The van der Waals surface area contributed by atoms with Gasteiger partial charge in [0.25, 0.3) is 5.91 Å². The van der Waals surface area contributed by atoms with Crippen LogP contribution in [0.25, 0.3) is 0 Å². The summed E-state index contributed by atoms with van der Waals surface area (Å²) in [5, 5.41) is 11.5. The average molecular weight is 233 g/mol. The van der Waals surface area contributed by atoms with Gasteiger partial charge in [-0.05, 0) is 25.5 Å². The molecule has 0 saturated heterocycles. The fourth-order valence-corrected chi connectivity index (χ4v) is 1.48. The van der Waals surface area contributed by atoms with Crippen molar-refractivity contribution in [3.8, 4) is 0 Å². The Bertz CT molecular complexity index is 449. The van der Waals surface area contributed by atoms with Gasteiger partial charge >= 0.3 is 5.97 Å². The molecule has 0 atom stereocenters. The number of carboxylic acid groups (broad SMARTS) is 1. The second kappa shape index (κ2) is 5.84. The molecule has 0 fully saturated rings. The molecule has 2 N–H and O–H groups in total. The maximum atomic E-state index is 11.8. The van der Waals surface area contributed by atoms with Gasteiger partial charge in [-0.3, -0.25) is 4.79 Å². The lowest BCUT2D eigenvalue weighted by atomic mass is 10.1. The number of amides is 1. The average Bonchev–Trinajstić information content (AvgIpc) is 2.30. The molecule has 0 aromatic heterocycles. The van der Waals surface area contributed by atoms with Crippen molar-refractivity contribution < 1.29 is 14.7 Å². The van der Waals surface area contributed by atoms with Crippen LogP contribution in [0.3, 0.4) is 0 Å². The Morgan fingerprint density at radius 2 is 1.82 bits per heavy atom. The Morgan fingerprint density at radius 1 is 1.24 bits per heavy atom. The minimum Gasteiger partial charge on any atom is -0.478 e. The van der Waals surface area contributed by atoms with Crippen LogP contribution in [-0.2, 0) is 4.79 Å². The van der Waals surface area contributed by atoms with Crippen LogP contribution < -0.4 is 5.32 Å². The maximum Gasteiger partial charge on any atom is 0.333 e. The van der Waals surface area contributed by atoms with E-state index < -0.39 is 5.97 Å². The van der Waals surface area contributed by atoms with Gasteiger partial charge in [-0.25, -0.2) is 4.79 Å². The highest BCUT2D eigenvalue weighted by molar-refractivity contribution is 5.96. The predicted molar refractivity (Wildman–Crippen MR) is 64.5 cm³/mol. The van der Waals surface area contributed by atoms with Crippen LogP contribution in [0.5, 0.6) is 0 Å². The first-order chi connectivity index (χ1) is 8.06. The van der Waals surface area contributed by atoms with Gasteiger partial charge in [0.2, 0.25) is 0 Å². The summed E-state index contributed by atoms with van der Waals surface area (Å²) >= 11 is 0. The van der Waals surface area contributed by atoms with Crippen LogP contribution in [-0.4, -0.2) is 17.0 Å². The first kappa shape index (κ1) is 13.0. The van der Waals surface area contributed by atoms with Gasteiger partial charge in [0, 0.05) is 11.3 Å². The summed E-state index contributed by atoms with van der Waals surface area (Å²) in [6.07, 6.45) is 0.371. The van der Waals surface area contributed by atoms with Gasteiger partial charge in [0.15, 0.2) is 0 Å². The molecule has 1 amide bonds. The number of hydrogen-bond donors (Lipinski definition) is 2. The molecule has 0 aliphatic heterocycles. The minimum atomic E-state index is -1.00. The Labute approximate surface area is 100.0 Å². The molecule has 1 aromatic carbocycles. The van der Waals surface area contributed by atoms with E-state index in [1.165, 1.54) is 0 Å². The zero-order chi connectivity index (χ0) is 12.8. The standard InChI is InChI=1S/C13H15NO3/c1-3-11(13(16)17)9(2)14-12(15)10-7-5-4-6-8-10/h4-8H,3H2,1-2H3,(H,14,15)(H,16,17)/b11-9-. The van der Waals surface area contributed by atoms with E-state index in [-0.39, 0.29) is 11.5 Å². The SMILES string of the molecule is CC/C(C(=O)O)=C(\C)NC(=O)c1ccccc1. The summed E-state index contributed by atoms with van der Waals surface area (Å²) in [5.41, 5.74) is 1.11. The molecule has 0 aliphatic carbocycles. The lowest BCUT2D eigenvalue weighted by molar-refractivity contribution is -0.132. The minimum absolute atomic E-state index is 0.217. The van der Waals surface area contributed by atoms with Gasteiger partial charge in [-0.15, -0.1) is 0 Å². The number of hydrogen-bond acceptors (Lipinski definition) is 2. The van der Waals surface area contributed by atoms with Crippen molar-refractivity contribution >= 4 is 11.9 Å². The maximum absolute atomic E-state index is 11.8. The highest BCUT2D eigenvalue weighted by Gasteiger charge is 2.12. The molecule has 1 rings (SSSR count). The molecule has 17 heavy (non-hydrogen) atoms. The van der Waals surface area contributed by atoms with Crippen LogP contribution in [0.2, 0.25) is 0 Å². The third kappa shape index (κ3) is 3.45. The van der Waals surface area contributed by atoms with Crippen molar-refractivity contribution in [1.82, 2.24) is 5.32 Å². The van der Waals surface area contributed by atoms with Crippen molar-refractivity contribution in [3.05, 3.63) is 47.2 Å². The Balaban J connectivity index is 2.86. The number of nitrogens with one attached hydrogen (secondary N) is 1. The molecule has 4 nitrogen and oxygen atoms in total. The number of carbonyl (C=O) groups is 2. The van der Waals surface area contributed by atoms with Crippen molar-refractivity contribution in [2.75, 3.05) is 0 Å². The Morgan fingerprint density at radius 3 is 2.29 bits per heavy atom. The Hall–Kier alpha value is -2.10. The fraction of sp³-hybridized carbons (Fsp3) is 0.231. The van der Waals surface area contributed by atoms with Crippen LogP contribution >= 0.6 is 0 Å². The van der Waals surface area contributed by atoms with Crippen LogP contribution in [0.4, 0.5) is 0 Å². The van der Waals surface area contributed by atoms with E-state index in [9.17, 15) is 9.59 Å². The van der Waals surface area contributed by atoms with E-state index in [1.807, 2.05) is 6.07 Å². The summed E-state index contributed by atoms with van der Waals surface area (Å²) in [5.74, 6) is -1.30. The number of allylic oxidation sites excluding steroid dienone is 1. The van der Waals surface area contributed by atoms with Crippen LogP contribution in [0, 0.1) is 0 Å². The first-order valence-electron chi connectivity index (χ1n) is 5.35. The van der Waals surface area contributed by atoms with E-state index in [2.05, 4.69) is 5.32 Å². The third-order valence-electron chi connectivity index (χ3n) is 2.40. The normalized spacial score (nSPS) is 11.6. The zero-order valence-corrected chi connectivity index (χ0v) is 9.86. The van der Waals surface area contributed by atoms with Crippen LogP contribution in [0.1, 0.15) is 30.6 Å². The quantitative estimate of drug-likeness (QED) is 0.783. The summed E-state index contributed by atoms with van der Waals surface area (Å²) in [4.78, 5) is 22.6. The van der Waals surface area contributed by atoms with Gasteiger partial charge in [0.05, 0.1) is 5.57 Å². The molecular formula is C13H15NO3. The monoisotopic (exact) mass is 233 g/mol. The lowest BCUT2D eigenvalue weighted by Crippen LogP contribution is -2.24. The zero-order valence-electron chi connectivity index (χ0n) is 9.86. The molecule has 4 heteroatoms. The van der Waals surface area contributed by atoms with E-state index in [1.54, 1.807) is 38.1 Å². The predicted octanol–water partition coefficient (Wildman–Crippen LogP) is 2.18. The number of rotatable bonds is 4. The number of carboxylic acids is 1. The molecule has 0 saturated carbocycles. The van der Waals surface area contributed by atoms with E-state index in [0.29, 0.717) is 17.7 Å². The molecule has 0 heterocycles. The van der Waals surface area contributed by atoms with Gasteiger partial charge in [-0.1, -0.05) is 25.1 Å². The molecule has 0 aliphatic rings. The smallest absolute Gasteiger partial charge is 0.333 e. The summed E-state index contributed by atoms with van der Waals surface area (Å²) in [7, 11) is 0. The molecule has 0 radical (unpaired) electrons. The third-order valence-corrected chi connectivity index (χ3v) is 2.40. The van der Waals surface area contributed by atoms with Crippen molar-refractivity contribution in [2.45, 2.75) is 20.3 Å². The number of aliphatic carboxylic acids is 1. The summed E-state index contributed by atoms with van der Waals surface area (Å²) in [6.45, 7) is 3.33. The van der Waals surface area contributed by atoms with E-state index in [0.717, 1.165) is 0 Å². The van der Waals surface area contributed by atoms with Crippen LogP contribution in [0.15, 0.2) is 41.6 Å². The summed E-state index contributed by atoms with van der Waals surface area (Å²) in [6, 6.07) is 8.68. The topological polar surface area (TPSA) is 66.4 Å². The van der Waals surface area contributed by atoms with Crippen molar-refractivity contribution in [2.24, 2.45) is 0 Å². The highest BCUT2D eigenvalue weighted by atomic mass is 16.4. The second-order valence-electron chi connectivity index (χ2n) is 3.58. The van der Waals surface area contributed by atoms with E-state index >= 15 is 0 Å². The molecule has 90 valence electrons. The highest BCUT2D eigenvalue weighted by Crippen LogP contribution is 2.07. The largest absolute Gasteiger partial charge is 0.478 e. The van der Waals surface area contributed by atoms with Gasteiger partial charge < -0.3 is 10.4 Å². The molecule has 1 aromatic rings. The van der Waals surface area contributed by atoms with E-state index in [4.69, 9.17) is 5.11 Å². The van der Waals surface area contributed by atoms with Crippen molar-refractivity contribution in [1.29, 1.82) is 0 Å². The van der Waals surface area contributed by atoms with Gasteiger partial charge in [0.1, 0.15) is 0 Å². The van der Waals surface area contributed by atoms with Crippen molar-refractivity contribution in [3.63, 3.8) is 0 Å². The Kier molecular flexibility index (Phi) is 4.46. The number of benzene rings is 1. The molecular weight excluding hydrogens is 218 g/mol. The number of carbonyl (C=O) groups excluding carboxylic acids is 1.